The van der Waals surface area contributed by atoms with E-state index in [0.717, 1.165) is 9.88 Å². The van der Waals surface area contributed by atoms with Gasteiger partial charge < -0.3 is 11.1 Å². The Bertz CT molecular complexity index is 736. The SMILES string of the molecule is Cc1cnc(C(C)Nc2nc(N)nc(-n3cccn3)n2)s1. The van der Waals surface area contributed by atoms with Gasteiger partial charge >= 0.3 is 0 Å². The lowest BCUT2D eigenvalue weighted by Crippen LogP contribution is -2.13. The van der Waals surface area contributed by atoms with Crippen LogP contribution in [0, 0.1) is 6.92 Å². The van der Waals surface area contributed by atoms with Crippen molar-refractivity contribution in [3.05, 3.63) is 34.5 Å². The summed E-state index contributed by atoms with van der Waals surface area (Å²) in [5, 5.41) is 8.22. The van der Waals surface area contributed by atoms with Crippen molar-refractivity contribution in [1.82, 2.24) is 29.7 Å². The van der Waals surface area contributed by atoms with Gasteiger partial charge in [0.05, 0.1) is 6.04 Å². The van der Waals surface area contributed by atoms with Crippen LogP contribution in [0.2, 0.25) is 0 Å². The van der Waals surface area contributed by atoms with Gasteiger partial charge in [-0.1, -0.05) is 0 Å². The summed E-state index contributed by atoms with van der Waals surface area (Å²) in [6.45, 7) is 4.01. The number of nitrogens with two attached hydrogens (primary N) is 1. The summed E-state index contributed by atoms with van der Waals surface area (Å²) in [5.41, 5.74) is 5.73. The summed E-state index contributed by atoms with van der Waals surface area (Å²) < 4.78 is 1.53. The Morgan fingerprint density at radius 3 is 2.86 bits per heavy atom. The Balaban J connectivity index is 1.85. The van der Waals surface area contributed by atoms with Crippen molar-refractivity contribution in [3.8, 4) is 5.95 Å². The third-order valence-electron chi connectivity index (χ3n) is 2.71. The van der Waals surface area contributed by atoms with Gasteiger partial charge in [-0.25, -0.2) is 9.67 Å². The van der Waals surface area contributed by atoms with Crippen LogP contribution in [0.4, 0.5) is 11.9 Å². The molecule has 0 aliphatic carbocycles. The molecule has 0 spiro atoms. The minimum atomic E-state index is -0.0176. The van der Waals surface area contributed by atoms with Crippen molar-refractivity contribution in [1.29, 1.82) is 0 Å². The molecule has 9 heteroatoms. The average Bonchev–Trinajstić information content (AvgIpc) is 3.08. The molecule has 0 saturated heterocycles. The van der Waals surface area contributed by atoms with Crippen molar-refractivity contribution in [2.24, 2.45) is 0 Å². The molecule has 0 saturated carbocycles. The highest BCUT2D eigenvalue weighted by molar-refractivity contribution is 7.11. The van der Waals surface area contributed by atoms with Crippen molar-refractivity contribution in [2.45, 2.75) is 19.9 Å². The Kier molecular flexibility index (Phi) is 3.48. The minimum absolute atomic E-state index is 0.0176. The smallest absolute Gasteiger partial charge is 0.257 e. The van der Waals surface area contributed by atoms with E-state index in [-0.39, 0.29) is 12.0 Å². The Hall–Kier alpha value is -2.55. The molecule has 21 heavy (non-hydrogen) atoms. The molecule has 0 radical (unpaired) electrons. The molecule has 3 N–H and O–H groups in total. The van der Waals surface area contributed by atoms with Crippen molar-refractivity contribution < 1.29 is 0 Å². The Morgan fingerprint density at radius 2 is 2.19 bits per heavy atom. The number of nitrogen functional groups attached to an aromatic ring is 1. The van der Waals surface area contributed by atoms with E-state index in [1.807, 2.05) is 20.0 Å². The van der Waals surface area contributed by atoms with Crippen molar-refractivity contribution in [3.63, 3.8) is 0 Å². The standard InChI is InChI=1S/C12H14N8S/c1-7-6-14-9(21-7)8(2)16-11-17-10(13)18-12(19-11)20-5-3-4-15-20/h3-6,8H,1-2H3,(H3,13,16,17,18,19). The molecular weight excluding hydrogens is 288 g/mol. The maximum Gasteiger partial charge on any atom is 0.257 e. The zero-order chi connectivity index (χ0) is 14.8. The lowest BCUT2D eigenvalue weighted by molar-refractivity contribution is 0.785. The van der Waals surface area contributed by atoms with Crippen LogP contribution in [0.1, 0.15) is 22.9 Å². The molecule has 0 aromatic carbocycles. The quantitative estimate of drug-likeness (QED) is 0.753. The third kappa shape index (κ3) is 2.97. The maximum absolute atomic E-state index is 5.73. The number of aryl methyl sites for hydroxylation is 1. The van der Waals surface area contributed by atoms with Gasteiger partial charge in [0.2, 0.25) is 11.9 Å². The maximum atomic E-state index is 5.73. The molecule has 8 nitrogen and oxygen atoms in total. The first-order valence-electron chi connectivity index (χ1n) is 6.32. The second-order valence-electron chi connectivity index (χ2n) is 4.44. The Labute approximate surface area is 125 Å². The van der Waals surface area contributed by atoms with Gasteiger partial charge in [0, 0.05) is 23.5 Å². The highest BCUT2D eigenvalue weighted by Gasteiger charge is 2.13. The van der Waals surface area contributed by atoms with Crippen LogP contribution in [0.15, 0.2) is 24.7 Å². The second-order valence-corrected chi connectivity index (χ2v) is 5.71. The van der Waals surface area contributed by atoms with E-state index in [1.54, 1.807) is 29.8 Å². The lowest BCUT2D eigenvalue weighted by atomic mass is 10.4. The molecule has 3 aromatic heterocycles. The van der Waals surface area contributed by atoms with Gasteiger partial charge in [-0.2, -0.15) is 20.1 Å². The topological polar surface area (TPSA) is 107 Å². The van der Waals surface area contributed by atoms with Gasteiger partial charge in [-0.05, 0) is 19.9 Å². The molecule has 1 atom stereocenters. The van der Waals surface area contributed by atoms with Gasteiger partial charge in [0.1, 0.15) is 5.01 Å². The second kappa shape index (κ2) is 5.44. The molecule has 0 fully saturated rings. The first-order valence-corrected chi connectivity index (χ1v) is 7.14. The number of thiazole rings is 1. The van der Waals surface area contributed by atoms with Crippen molar-refractivity contribution >= 4 is 23.2 Å². The van der Waals surface area contributed by atoms with Crippen LogP contribution in [0.3, 0.4) is 0 Å². The van der Waals surface area contributed by atoms with E-state index < -0.39 is 0 Å². The van der Waals surface area contributed by atoms with Gasteiger partial charge in [-0.15, -0.1) is 11.3 Å². The minimum Gasteiger partial charge on any atom is -0.368 e. The fourth-order valence-electron chi connectivity index (χ4n) is 1.76. The number of nitrogens with zero attached hydrogens (tertiary/aromatic N) is 6. The summed E-state index contributed by atoms with van der Waals surface area (Å²) in [6.07, 6.45) is 5.23. The van der Waals surface area contributed by atoms with Gasteiger partial charge in [0.15, 0.2) is 0 Å². The highest BCUT2D eigenvalue weighted by atomic mass is 32.1. The molecule has 3 aromatic rings. The fourth-order valence-corrected chi connectivity index (χ4v) is 2.54. The lowest BCUT2D eigenvalue weighted by Gasteiger charge is -2.11. The average molecular weight is 302 g/mol. The molecule has 0 aliphatic rings. The zero-order valence-electron chi connectivity index (χ0n) is 11.6. The van der Waals surface area contributed by atoms with E-state index in [9.17, 15) is 0 Å². The normalized spacial score (nSPS) is 12.3. The zero-order valence-corrected chi connectivity index (χ0v) is 12.4. The van der Waals surface area contributed by atoms with E-state index >= 15 is 0 Å². The molecule has 108 valence electrons. The highest BCUT2D eigenvalue weighted by Crippen LogP contribution is 2.22. The van der Waals surface area contributed by atoms with Gasteiger partial charge in [0.25, 0.3) is 5.95 Å². The molecule has 0 bridgehead atoms. The van der Waals surface area contributed by atoms with E-state index in [1.165, 1.54) is 4.68 Å². The van der Waals surface area contributed by atoms with Crippen molar-refractivity contribution in [2.75, 3.05) is 11.1 Å². The van der Waals surface area contributed by atoms with Gasteiger partial charge in [-0.3, -0.25) is 0 Å². The monoisotopic (exact) mass is 302 g/mol. The summed E-state index contributed by atoms with van der Waals surface area (Å²) in [7, 11) is 0. The summed E-state index contributed by atoms with van der Waals surface area (Å²) in [6, 6.07) is 1.77. The van der Waals surface area contributed by atoms with E-state index in [4.69, 9.17) is 5.73 Å². The molecule has 1 unspecified atom stereocenters. The molecule has 0 amide bonds. The first kappa shape index (κ1) is 13.4. The van der Waals surface area contributed by atoms with Crippen LogP contribution in [0.25, 0.3) is 5.95 Å². The summed E-state index contributed by atoms with van der Waals surface area (Å²) in [4.78, 5) is 18.0. The predicted molar refractivity (Wildman–Crippen MR) is 80.3 cm³/mol. The number of hydrogen-bond acceptors (Lipinski definition) is 8. The van der Waals surface area contributed by atoms with Crippen LogP contribution < -0.4 is 11.1 Å². The first-order chi connectivity index (χ1) is 10.1. The number of hydrogen-bond donors (Lipinski definition) is 2. The molecule has 3 rings (SSSR count). The number of anilines is 2. The molecular formula is C12H14N8S. The van der Waals surface area contributed by atoms with Crippen LogP contribution in [0.5, 0.6) is 0 Å². The van der Waals surface area contributed by atoms with Crippen LogP contribution in [-0.4, -0.2) is 29.7 Å². The Morgan fingerprint density at radius 1 is 1.33 bits per heavy atom. The van der Waals surface area contributed by atoms with Crippen LogP contribution in [-0.2, 0) is 0 Å². The van der Waals surface area contributed by atoms with E-state index in [0.29, 0.717) is 11.9 Å². The predicted octanol–water partition coefficient (Wildman–Crippen LogP) is 1.58. The molecule has 0 aliphatic heterocycles. The number of nitrogens with one attached hydrogen (secondary N) is 1. The molecule has 3 heterocycles. The third-order valence-corrected chi connectivity index (χ3v) is 3.80. The van der Waals surface area contributed by atoms with E-state index in [2.05, 4.69) is 30.4 Å². The van der Waals surface area contributed by atoms with Crippen LogP contribution >= 0.6 is 11.3 Å². The largest absolute Gasteiger partial charge is 0.368 e. The fraction of sp³-hybridized carbons (Fsp3) is 0.250. The summed E-state index contributed by atoms with van der Waals surface area (Å²) in [5.74, 6) is 0.909. The number of rotatable bonds is 4. The summed E-state index contributed by atoms with van der Waals surface area (Å²) >= 11 is 1.63. The number of aromatic nitrogens is 6.